The molecule has 5 heterocycles. The monoisotopic (exact) mass is 563 g/mol. The van der Waals surface area contributed by atoms with Gasteiger partial charge in [0.25, 0.3) is 0 Å². The van der Waals surface area contributed by atoms with Crippen LogP contribution in [0.2, 0.25) is 0 Å². The van der Waals surface area contributed by atoms with Crippen LogP contribution < -0.4 is 10.6 Å². The van der Waals surface area contributed by atoms with Gasteiger partial charge < -0.3 is 20.3 Å². The molecule has 0 bridgehead atoms. The van der Waals surface area contributed by atoms with Gasteiger partial charge in [0.15, 0.2) is 5.82 Å². The molecule has 0 aliphatic carbocycles. The zero-order valence-corrected chi connectivity index (χ0v) is 23.5. The maximum Gasteiger partial charge on any atom is 0.220 e. The molecule has 214 valence electrons. The van der Waals surface area contributed by atoms with Crippen LogP contribution in [0, 0.1) is 0 Å². The topological polar surface area (TPSA) is 131 Å². The first-order valence-corrected chi connectivity index (χ1v) is 14.4. The summed E-state index contributed by atoms with van der Waals surface area (Å²) in [5, 5.41) is 16.6. The summed E-state index contributed by atoms with van der Waals surface area (Å²) in [6.45, 7) is 5.18. The Labute approximate surface area is 243 Å². The number of fused-ring (bicyclic) bond motifs is 1. The average Bonchev–Trinajstić information content (AvgIpc) is 3.68. The van der Waals surface area contributed by atoms with Crippen LogP contribution in [0.5, 0.6) is 0 Å². The highest BCUT2D eigenvalue weighted by Gasteiger charge is 2.31. The molecule has 5 aromatic rings. The Hall–Kier alpha value is -4.77. The van der Waals surface area contributed by atoms with Crippen molar-refractivity contribution < 1.29 is 9.53 Å². The summed E-state index contributed by atoms with van der Waals surface area (Å²) in [7, 11) is 0. The van der Waals surface area contributed by atoms with Gasteiger partial charge in [0.1, 0.15) is 17.5 Å². The number of carbonyl (C=O) groups excluding carboxylic acids is 1. The normalized spacial score (nSPS) is 18.1. The molecule has 0 spiro atoms. The van der Waals surface area contributed by atoms with Crippen LogP contribution in [-0.4, -0.2) is 73.7 Å². The van der Waals surface area contributed by atoms with Gasteiger partial charge in [-0.2, -0.15) is 20.5 Å². The van der Waals surface area contributed by atoms with Gasteiger partial charge in [0.2, 0.25) is 5.91 Å². The molecule has 7 rings (SSSR count). The Balaban J connectivity index is 1.27. The van der Waals surface area contributed by atoms with E-state index >= 15 is 0 Å². The smallest absolute Gasteiger partial charge is 0.220 e. The van der Waals surface area contributed by atoms with E-state index in [1.54, 1.807) is 6.92 Å². The van der Waals surface area contributed by atoms with Crippen molar-refractivity contribution in [2.24, 2.45) is 0 Å². The second-order valence-electron chi connectivity index (χ2n) is 10.9. The maximum absolute atomic E-state index is 12.5. The van der Waals surface area contributed by atoms with Crippen molar-refractivity contribution in [3.63, 3.8) is 0 Å². The molecule has 0 radical (unpaired) electrons. The zero-order valence-electron chi connectivity index (χ0n) is 23.5. The molecule has 0 saturated carbocycles. The molecule has 2 aromatic carbocycles. The summed E-state index contributed by atoms with van der Waals surface area (Å²) in [5.41, 5.74) is 13.8. The summed E-state index contributed by atoms with van der Waals surface area (Å²) in [6, 6.07) is 20.7. The number of nitrogens with one attached hydrogen (secondary N) is 1. The molecule has 11 heteroatoms. The third-order valence-electron chi connectivity index (χ3n) is 8.50. The quantitative estimate of drug-likeness (QED) is 0.327. The standard InChI is InChI=1S/C31H33N9O2/c1-20(41)39-13-12-38(18-27(39)21-6-3-2-4-7-21)24-9-5-8-23(16-24)26-17-25(30-31(32)33-19-34-40(26)30)29-28(35-37-36-29)22-10-14-42-15-11-22/h2-9,16-17,19,22,27H,10-15,18H2,1H3,(H2,32,33,34)(H,35,36,37). The number of aromatic nitrogens is 6. The van der Waals surface area contributed by atoms with Gasteiger partial charge in [-0.05, 0) is 36.6 Å². The lowest BCUT2D eigenvalue weighted by Crippen LogP contribution is -2.50. The number of nitrogens with two attached hydrogens (primary N) is 1. The fourth-order valence-corrected chi connectivity index (χ4v) is 6.36. The predicted molar refractivity (Wildman–Crippen MR) is 160 cm³/mol. The average molecular weight is 564 g/mol. The molecule has 2 aliphatic heterocycles. The number of amides is 1. The molecule has 2 aliphatic rings. The lowest BCUT2D eigenvalue weighted by Gasteiger charge is -2.42. The number of nitrogens with zero attached hydrogens (tertiary/aromatic N) is 7. The summed E-state index contributed by atoms with van der Waals surface area (Å²) >= 11 is 0. The molecule has 1 atom stereocenters. The third kappa shape index (κ3) is 4.65. The Morgan fingerprint density at radius 3 is 2.67 bits per heavy atom. The second kappa shape index (κ2) is 10.9. The third-order valence-corrected chi connectivity index (χ3v) is 8.50. The lowest BCUT2D eigenvalue weighted by atomic mass is 9.93. The number of ether oxygens (including phenoxy) is 1. The fourth-order valence-electron chi connectivity index (χ4n) is 6.36. The first-order valence-electron chi connectivity index (χ1n) is 14.4. The predicted octanol–water partition coefficient (Wildman–Crippen LogP) is 4.07. The molecule has 1 amide bonds. The van der Waals surface area contributed by atoms with Gasteiger partial charge in [-0.1, -0.05) is 42.5 Å². The van der Waals surface area contributed by atoms with Crippen LogP contribution in [0.1, 0.15) is 43.0 Å². The van der Waals surface area contributed by atoms with Crippen molar-refractivity contribution in [1.82, 2.24) is 34.9 Å². The number of rotatable bonds is 5. The van der Waals surface area contributed by atoms with Crippen LogP contribution in [0.25, 0.3) is 28.0 Å². The van der Waals surface area contributed by atoms with Gasteiger partial charge >= 0.3 is 0 Å². The summed E-state index contributed by atoms with van der Waals surface area (Å²) in [5.74, 6) is 0.732. The number of aromatic amines is 1. The first kappa shape index (κ1) is 26.1. The van der Waals surface area contributed by atoms with Crippen LogP contribution in [0.15, 0.2) is 67.0 Å². The summed E-state index contributed by atoms with van der Waals surface area (Å²) in [6.07, 6.45) is 3.27. The van der Waals surface area contributed by atoms with Gasteiger partial charge in [-0.25, -0.2) is 9.50 Å². The van der Waals surface area contributed by atoms with Crippen LogP contribution in [0.3, 0.4) is 0 Å². The van der Waals surface area contributed by atoms with E-state index in [2.05, 4.69) is 72.9 Å². The zero-order chi connectivity index (χ0) is 28.6. The van der Waals surface area contributed by atoms with Gasteiger partial charge in [0, 0.05) is 62.5 Å². The molecule has 2 saturated heterocycles. The van der Waals surface area contributed by atoms with E-state index in [1.807, 2.05) is 27.6 Å². The SMILES string of the molecule is CC(=O)N1CCN(c2cccc(-c3cc(-c4n[nH]nc4C4CCOCC4)c4c(N)ncnn34)c2)CC1c1ccccc1. The van der Waals surface area contributed by atoms with Crippen molar-refractivity contribution in [3.05, 3.63) is 78.2 Å². The van der Waals surface area contributed by atoms with Crippen molar-refractivity contribution in [2.45, 2.75) is 31.7 Å². The first-order chi connectivity index (χ1) is 20.6. The van der Waals surface area contributed by atoms with E-state index in [9.17, 15) is 4.79 Å². The molecular formula is C31H33N9O2. The molecule has 42 heavy (non-hydrogen) atoms. The number of hydrogen-bond acceptors (Lipinski definition) is 8. The Morgan fingerprint density at radius 2 is 1.86 bits per heavy atom. The molecule has 3 aromatic heterocycles. The van der Waals surface area contributed by atoms with Crippen LogP contribution >= 0.6 is 0 Å². The van der Waals surface area contributed by atoms with E-state index < -0.39 is 0 Å². The number of anilines is 2. The highest BCUT2D eigenvalue weighted by atomic mass is 16.5. The number of nitrogen functional groups attached to an aromatic ring is 1. The minimum Gasteiger partial charge on any atom is -0.382 e. The van der Waals surface area contributed by atoms with Crippen molar-refractivity contribution in [3.8, 4) is 22.5 Å². The molecular weight excluding hydrogens is 530 g/mol. The number of benzene rings is 2. The van der Waals surface area contributed by atoms with E-state index in [0.717, 1.165) is 58.8 Å². The van der Waals surface area contributed by atoms with E-state index in [4.69, 9.17) is 10.5 Å². The van der Waals surface area contributed by atoms with Crippen LogP contribution in [0.4, 0.5) is 11.5 Å². The second-order valence-corrected chi connectivity index (χ2v) is 10.9. The van der Waals surface area contributed by atoms with Gasteiger partial charge in [-0.3, -0.25) is 4.79 Å². The minimum absolute atomic E-state index is 0.0230. The highest BCUT2D eigenvalue weighted by Crippen LogP contribution is 2.39. The lowest BCUT2D eigenvalue weighted by molar-refractivity contribution is -0.131. The van der Waals surface area contributed by atoms with Crippen LogP contribution in [-0.2, 0) is 9.53 Å². The molecule has 3 N–H and O–H groups in total. The summed E-state index contributed by atoms with van der Waals surface area (Å²) < 4.78 is 7.43. The molecule has 2 fully saturated rings. The number of piperazine rings is 1. The number of carbonyl (C=O) groups is 1. The van der Waals surface area contributed by atoms with E-state index in [-0.39, 0.29) is 17.9 Å². The molecule has 11 nitrogen and oxygen atoms in total. The Bertz CT molecular complexity index is 1730. The van der Waals surface area contributed by atoms with E-state index in [0.29, 0.717) is 37.6 Å². The van der Waals surface area contributed by atoms with Gasteiger partial charge in [0.05, 0.1) is 17.4 Å². The summed E-state index contributed by atoms with van der Waals surface area (Å²) in [4.78, 5) is 21.1. The molecule has 1 unspecified atom stereocenters. The Morgan fingerprint density at radius 1 is 1.02 bits per heavy atom. The van der Waals surface area contributed by atoms with Gasteiger partial charge in [-0.15, -0.1) is 0 Å². The highest BCUT2D eigenvalue weighted by molar-refractivity contribution is 5.91. The van der Waals surface area contributed by atoms with Crippen molar-refractivity contribution in [2.75, 3.05) is 43.5 Å². The van der Waals surface area contributed by atoms with E-state index in [1.165, 1.54) is 6.33 Å². The Kier molecular flexibility index (Phi) is 6.79. The maximum atomic E-state index is 12.5. The van der Waals surface area contributed by atoms with Crippen molar-refractivity contribution >= 4 is 22.9 Å². The largest absolute Gasteiger partial charge is 0.382 e. The number of H-pyrrole nitrogens is 1. The minimum atomic E-state index is -0.0230. The fraction of sp³-hybridized carbons (Fsp3) is 0.323. The number of hydrogen-bond donors (Lipinski definition) is 2. The van der Waals surface area contributed by atoms with Crippen molar-refractivity contribution in [1.29, 1.82) is 0 Å².